The van der Waals surface area contributed by atoms with Crippen molar-refractivity contribution in [3.63, 3.8) is 0 Å². The van der Waals surface area contributed by atoms with E-state index in [4.69, 9.17) is 0 Å². The van der Waals surface area contributed by atoms with Gasteiger partial charge in [-0.3, -0.25) is 9.88 Å². The molecule has 0 bridgehead atoms. The summed E-state index contributed by atoms with van der Waals surface area (Å²) in [6.07, 6.45) is 5.89. The van der Waals surface area contributed by atoms with Crippen LogP contribution in [0, 0.1) is 0 Å². The van der Waals surface area contributed by atoms with Crippen molar-refractivity contribution in [2.24, 2.45) is 0 Å². The molecule has 1 aliphatic heterocycles. The lowest BCUT2D eigenvalue weighted by Crippen LogP contribution is -2.40. The average molecular weight is 269 g/mol. The van der Waals surface area contributed by atoms with Crippen molar-refractivity contribution < 1.29 is 0 Å². The Bertz CT molecular complexity index is 289. The van der Waals surface area contributed by atoms with E-state index in [2.05, 4.69) is 37.9 Å². The molecule has 2 nitrogen and oxygen atoms in total. The molecule has 0 N–H and O–H groups in total. The lowest BCUT2D eigenvalue weighted by Gasteiger charge is -2.34. The molecule has 1 unspecified atom stereocenters. The number of hydrogen-bond donors (Lipinski definition) is 0. The first kappa shape index (κ1) is 11.1. The molecule has 3 heteroatoms. The molecular formula is C12H17BrN2. The van der Waals surface area contributed by atoms with Crippen molar-refractivity contribution in [1.82, 2.24) is 9.88 Å². The van der Waals surface area contributed by atoms with E-state index in [1.807, 2.05) is 12.3 Å². The number of pyridine rings is 1. The van der Waals surface area contributed by atoms with Gasteiger partial charge in [0.1, 0.15) is 0 Å². The number of hydrogen-bond acceptors (Lipinski definition) is 2. The summed E-state index contributed by atoms with van der Waals surface area (Å²) in [4.78, 5) is 6.93. The molecule has 0 radical (unpaired) electrons. The van der Waals surface area contributed by atoms with Gasteiger partial charge in [-0.15, -0.1) is 0 Å². The van der Waals surface area contributed by atoms with Crippen LogP contribution in [-0.2, 0) is 6.54 Å². The minimum Gasteiger partial charge on any atom is -0.294 e. The molecule has 15 heavy (non-hydrogen) atoms. The second kappa shape index (κ2) is 5.61. The predicted molar refractivity (Wildman–Crippen MR) is 66.1 cm³/mol. The lowest BCUT2D eigenvalue weighted by atomic mass is 10.0. The third-order valence-electron chi connectivity index (χ3n) is 3.02. The van der Waals surface area contributed by atoms with Gasteiger partial charge in [-0.2, -0.15) is 0 Å². The highest BCUT2D eigenvalue weighted by Gasteiger charge is 2.21. The highest BCUT2D eigenvalue weighted by Crippen LogP contribution is 2.20. The zero-order valence-corrected chi connectivity index (χ0v) is 10.5. The summed E-state index contributed by atoms with van der Waals surface area (Å²) < 4.78 is 0. The highest BCUT2D eigenvalue weighted by molar-refractivity contribution is 9.09. The molecule has 0 spiro atoms. The summed E-state index contributed by atoms with van der Waals surface area (Å²) >= 11 is 3.60. The van der Waals surface area contributed by atoms with E-state index in [0.29, 0.717) is 6.04 Å². The van der Waals surface area contributed by atoms with E-state index in [1.54, 1.807) is 0 Å². The summed E-state index contributed by atoms with van der Waals surface area (Å²) in [5.74, 6) is 0. The van der Waals surface area contributed by atoms with Crippen LogP contribution in [0.25, 0.3) is 0 Å². The number of nitrogens with zero attached hydrogens (tertiary/aromatic N) is 2. The number of rotatable bonds is 3. The SMILES string of the molecule is BrCC1CCCCN1Cc1ccccn1. The molecule has 1 fully saturated rings. The van der Waals surface area contributed by atoms with Gasteiger partial charge in [-0.1, -0.05) is 28.4 Å². The predicted octanol–water partition coefficient (Wildman–Crippen LogP) is 2.83. The van der Waals surface area contributed by atoms with Gasteiger partial charge in [-0.05, 0) is 31.5 Å². The molecule has 0 aliphatic carbocycles. The maximum atomic E-state index is 4.38. The minimum atomic E-state index is 0.695. The fourth-order valence-electron chi connectivity index (χ4n) is 2.14. The minimum absolute atomic E-state index is 0.695. The first-order valence-electron chi connectivity index (χ1n) is 5.60. The van der Waals surface area contributed by atoms with Crippen LogP contribution >= 0.6 is 15.9 Å². The van der Waals surface area contributed by atoms with Crippen molar-refractivity contribution in [3.8, 4) is 0 Å². The zero-order chi connectivity index (χ0) is 10.5. The molecule has 82 valence electrons. The molecule has 0 amide bonds. The van der Waals surface area contributed by atoms with Crippen molar-refractivity contribution in [1.29, 1.82) is 0 Å². The number of aromatic nitrogens is 1. The number of likely N-dealkylation sites (tertiary alicyclic amines) is 1. The Morgan fingerprint density at radius 1 is 1.40 bits per heavy atom. The molecule has 1 aliphatic rings. The van der Waals surface area contributed by atoms with E-state index >= 15 is 0 Å². The fourth-order valence-corrected chi connectivity index (χ4v) is 2.88. The molecule has 2 rings (SSSR count). The van der Waals surface area contributed by atoms with E-state index in [1.165, 1.54) is 31.5 Å². The van der Waals surface area contributed by atoms with Gasteiger partial charge in [0, 0.05) is 24.1 Å². The molecule has 1 atom stereocenters. The Morgan fingerprint density at radius 2 is 2.33 bits per heavy atom. The Balaban J connectivity index is 1.97. The summed E-state index contributed by atoms with van der Waals surface area (Å²) in [7, 11) is 0. The number of halogens is 1. The van der Waals surface area contributed by atoms with Gasteiger partial charge in [-0.25, -0.2) is 0 Å². The highest BCUT2D eigenvalue weighted by atomic mass is 79.9. The van der Waals surface area contributed by atoms with Crippen LogP contribution in [-0.4, -0.2) is 27.8 Å². The summed E-state index contributed by atoms with van der Waals surface area (Å²) in [6.45, 7) is 2.21. The maximum absolute atomic E-state index is 4.38. The van der Waals surface area contributed by atoms with Crippen LogP contribution in [0.4, 0.5) is 0 Å². The smallest absolute Gasteiger partial charge is 0.0544 e. The fraction of sp³-hybridized carbons (Fsp3) is 0.583. The van der Waals surface area contributed by atoms with Crippen LogP contribution in [0.3, 0.4) is 0 Å². The molecule has 1 aromatic heterocycles. The lowest BCUT2D eigenvalue weighted by molar-refractivity contribution is 0.155. The van der Waals surface area contributed by atoms with Gasteiger partial charge >= 0.3 is 0 Å². The van der Waals surface area contributed by atoms with Gasteiger partial charge in [0.25, 0.3) is 0 Å². The number of piperidine rings is 1. The summed E-state index contributed by atoms with van der Waals surface area (Å²) in [6, 6.07) is 6.84. The monoisotopic (exact) mass is 268 g/mol. The van der Waals surface area contributed by atoms with Crippen molar-refractivity contribution in [2.45, 2.75) is 31.8 Å². The van der Waals surface area contributed by atoms with Crippen LogP contribution in [0.15, 0.2) is 24.4 Å². The zero-order valence-electron chi connectivity index (χ0n) is 8.90. The standard InChI is InChI=1S/C12H17BrN2/c13-9-12-6-2-4-8-15(12)10-11-5-1-3-7-14-11/h1,3,5,7,12H,2,4,6,8-10H2. The van der Waals surface area contributed by atoms with Crippen LogP contribution in [0.2, 0.25) is 0 Å². The van der Waals surface area contributed by atoms with E-state index in [0.717, 1.165) is 11.9 Å². The van der Waals surface area contributed by atoms with Crippen molar-refractivity contribution in [2.75, 3.05) is 11.9 Å². The van der Waals surface area contributed by atoms with Gasteiger partial charge < -0.3 is 0 Å². The van der Waals surface area contributed by atoms with E-state index in [9.17, 15) is 0 Å². The van der Waals surface area contributed by atoms with Crippen LogP contribution in [0.1, 0.15) is 25.0 Å². The van der Waals surface area contributed by atoms with Crippen molar-refractivity contribution >= 4 is 15.9 Å². The Labute approximate surface area is 99.8 Å². The molecule has 2 heterocycles. The van der Waals surface area contributed by atoms with Crippen molar-refractivity contribution in [3.05, 3.63) is 30.1 Å². The first-order chi connectivity index (χ1) is 7.40. The molecule has 1 saturated heterocycles. The third kappa shape index (κ3) is 3.02. The quantitative estimate of drug-likeness (QED) is 0.784. The average Bonchev–Trinajstić information content (AvgIpc) is 2.31. The Kier molecular flexibility index (Phi) is 4.15. The Hall–Kier alpha value is -0.410. The van der Waals surface area contributed by atoms with E-state index in [-0.39, 0.29) is 0 Å². The van der Waals surface area contributed by atoms with Gasteiger partial charge in [0.2, 0.25) is 0 Å². The second-order valence-electron chi connectivity index (χ2n) is 4.10. The molecule has 1 aromatic rings. The molecule has 0 saturated carbocycles. The first-order valence-corrected chi connectivity index (χ1v) is 6.72. The van der Waals surface area contributed by atoms with Crippen LogP contribution < -0.4 is 0 Å². The Morgan fingerprint density at radius 3 is 3.07 bits per heavy atom. The molecule has 0 aromatic carbocycles. The van der Waals surface area contributed by atoms with Gasteiger partial charge in [0.15, 0.2) is 0 Å². The topological polar surface area (TPSA) is 16.1 Å². The second-order valence-corrected chi connectivity index (χ2v) is 4.74. The summed E-state index contributed by atoms with van der Waals surface area (Å²) in [5.41, 5.74) is 1.19. The largest absolute Gasteiger partial charge is 0.294 e. The third-order valence-corrected chi connectivity index (χ3v) is 3.77. The maximum Gasteiger partial charge on any atom is 0.0544 e. The normalized spacial score (nSPS) is 22.9. The van der Waals surface area contributed by atoms with Crippen LogP contribution in [0.5, 0.6) is 0 Å². The number of alkyl halides is 1. The molecular weight excluding hydrogens is 252 g/mol. The summed E-state index contributed by atoms with van der Waals surface area (Å²) in [5, 5.41) is 1.08. The van der Waals surface area contributed by atoms with E-state index < -0.39 is 0 Å². The van der Waals surface area contributed by atoms with Gasteiger partial charge in [0.05, 0.1) is 5.69 Å².